The van der Waals surface area contributed by atoms with Gasteiger partial charge in [0.2, 0.25) is 0 Å². The first-order chi connectivity index (χ1) is 27.0. The van der Waals surface area contributed by atoms with Gasteiger partial charge in [-0.25, -0.2) is 4.57 Å². The molecule has 0 spiro atoms. The van der Waals surface area contributed by atoms with Gasteiger partial charge in [-0.3, -0.25) is 18.6 Å². The Morgan fingerprint density at radius 2 is 0.911 bits per heavy atom. The summed E-state index contributed by atoms with van der Waals surface area (Å²) in [5.41, 5.74) is 0. The molecule has 0 heterocycles. The smallest absolute Gasteiger partial charge is 0.462 e. The van der Waals surface area contributed by atoms with Gasteiger partial charge in [-0.1, -0.05) is 180 Å². The first-order valence-electron chi connectivity index (χ1n) is 23.4. The van der Waals surface area contributed by atoms with Gasteiger partial charge < -0.3 is 18.9 Å². The SMILES string of the molecule is CCCCCC/C=C/CCCCCCCCCC(=O)OC[C@H](COP(=O)(O)OCC[N+](C)(C)C)OC(=O)CCCCCCCCCCCCCCCCCCC. The largest absolute Gasteiger partial charge is 0.472 e. The van der Waals surface area contributed by atoms with Gasteiger partial charge in [-0.15, -0.1) is 0 Å². The second-order valence-corrected chi connectivity index (χ2v) is 18.6. The Labute approximate surface area is 346 Å². The molecule has 0 saturated carbocycles. The normalized spacial score (nSPS) is 13.6. The molecule has 0 aromatic carbocycles. The van der Waals surface area contributed by atoms with Crippen LogP contribution in [0.5, 0.6) is 0 Å². The highest BCUT2D eigenvalue weighted by Gasteiger charge is 2.27. The lowest BCUT2D eigenvalue weighted by Gasteiger charge is -2.24. The number of unbranched alkanes of at least 4 members (excludes halogenated alkanes) is 27. The van der Waals surface area contributed by atoms with Crippen LogP contribution in [0.15, 0.2) is 12.2 Å². The number of carbonyl (C=O) groups excluding carboxylic acids is 2. The maximum Gasteiger partial charge on any atom is 0.472 e. The first-order valence-corrected chi connectivity index (χ1v) is 24.9. The lowest BCUT2D eigenvalue weighted by molar-refractivity contribution is -0.870. The van der Waals surface area contributed by atoms with Gasteiger partial charge in [-0.05, 0) is 38.5 Å². The molecule has 0 radical (unpaired) electrons. The molecule has 2 atom stereocenters. The Kier molecular flexibility index (Phi) is 38.3. The average molecular weight is 817 g/mol. The number of phosphoric acid groups is 1. The highest BCUT2D eigenvalue weighted by molar-refractivity contribution is 7.47. The summed E-state index contributed by atoms with van der Waals surface area (Å²) in [5, 5.41) is 0. The molecule has 1 unspecified atom stereocenters. The Morgan fingerprint density at radius 3 is 1.34 bits per heavy atom. The lowest BCUT2D eigenvalue weighted by atomic mass is 10.0. The Hall–Kier alpha value is -1.25. The molecule has 10 heteroatoms. The maximum absolute atomic E-state index is 12.7. The molecule has 332 valence electrons. The molecule has 0 aromatic rings. The minimum atomic E-state index is -4.37. The van der Waals surface area contributed by atoms with Gasteiger partial charge in [0.05, 0.1) is 27.7 Å². The van der Waals surface area contributed by atoms with Crippen molar-refractivity contribution < 1.29 is 42.1 Å². The van der Waals surface area contributed by atoms with E-state index in [0.717, 1.165) is 32.1 Å². The summed E-state index contributed by atoms with van der Waals surface area (Å²) in [6.45, 7) is 4.44. The molecule has 0 fully saturated rings. The number of carbonyl (C=O) groups is 2. The highest BCUT2D eigenvalue weighted by atomic mass is 31.2. The molecule has 0 aliphatic carbocycles. The van der Waals surface area contributed by atoms with Crippen molar-refractivity contribution in [3.05, 3.63) is 12.2 Å². The van der Waals surface area contributed by atoms with Crippen molar-refractivity contribution in [3.63, 3.8) is 0 Å². The van der Waals surface area contributed by atoms with Gasteiger partial charge in [0.25, 0.3) is 0 Å². The summed E-state index contributed by atoms with van der Waals surface area (Å²) < 4.78 is 34.4. The van der Waals surface area contributed by atoms with E-state index < -0.39 is 26.5 Å². The zero-order chi connectivity index (χ0) is 41.4. The van der Waals surface area contributed by atoms with Crippen LogP contribution in [0.1, 0.15) is 219 Å². The molecule has 0 aliphatic rings. The van der Waals surface area contributed by atoms with Crippen molar-refractivity contribution in [2.24, 2.45) is 0 Å². The van der Waals surface area contributed by atoms with Gasteiger partial charge in [-0.2, -0.15) is 0 Å². The second kappa shape index (κ2) is 39.2. The molecular formula is C46H91NO8P+. The number of hydrogen-bond acceptors (Lipinski definition) is 7. The summed E-state index contributed by atoms with van der Waals surface area (Å²) in [4.78, 5) is 35.4. The average Bonchev–Trinajstić information content (AvgIpc) is 3.15. The minimum absolute atomic E-state index is 0.0344. The fraction of sp³-hybridized carbons (Fsp3) is 0.913. The predicted molar refractivity (Wildman–Crippen MR) is 234 cm³/mol. The van der Waals surface area contributed by atoms with Gasteiger partial charge in [0.1, 0.15) is 19.8 Å². The quantitative estimate of drug-likeness (QED) is 0.0213. The van der Waals surface area contributed by atoms with Crippen LogP contribution in [0, 0.1) is 0 Å². The third-order valence-corrected chi connectivity index (χ3v) is 11.3. The molecule has 56 heavy (non-hydrogen) atoms. The van der Waals surface area contributed by atoms with Crippen LogP contribution in [-0.2, 0) is 32.7 Å². The molecule has 0 aromatic heterocycles. The highest BCUT2D eigenvalue weighted by Crippen LogP contribution is 2.43. The van der Waals surface area contributed by atoms with Crippen LogP contribution in [0.4, 0.5) is 0 Å². The van der Waals surface area contributed by atoms with Crippen molar-refractivity contribution >= 4 is 19.8 Å². The van der Waals surface area contributed by atoms with E-state index in [1.807, 2.05) is 21.1 Å². The number of rotatable bonds is 43. The van der Waals surface area contributed by atoms with Crippen molar-refractivity contribution in [1.29, 1.82) is 0 Å². The van der Waals surface area contributed by atoms with Crippen molar-refractivity contribution in [3.8, 4) is 0 Å². The van der Waals surface area contributed by atoms with Crippen molar-refractivity contribution in [2.45, 2.75) is 225 Å². The van der Waals surface area contributed by atoms with Crippen molar-refractivity contribution in [1.82, 2.24) is 0 Å². The Bertz CT molecular complexity index is 969. The van der Waals surface area contributed by atoms with E-state index in [-0.39, 0.29) is 32.0 Å². The maximum atomic E-state index is 12.7. The molecule has 0 rings (SSSR count). The summed E-state index contributed by atoms with van der Waals surface area (Å²) in [6.07, 6.45) is 41.1. The van der Waals surface area contributed by atoms with Gasteiger partial charge in [0, 0.05) is 12.8 Å². The predicted octanol–water partition coefficient (Wildman–Crippen LogP) is 13.4. The number of allylic oxidation sites excluding steroid dienone is 2. The number of ether oxygens (including phenoxy) is 2. The second-order valence-electron chi connectivity index (χ2n) is 17.1. The van der Waals surface area contributed by atoms with E-state index in [1.165, 1.54) is 154 Å². The number of esters is 2. The molecule has 0 bridgehead atoms. The molecular weight excluding hydrogens is 725 g/mol. The third kappa shape index (κ3) is 42.4. The molecule has 1 N–H and O–H groups in total. The standard InChI is InChI=1S/C46H90NO8P/c1-6-8-10-12-14-16-18-20-22-23-25-27-29-31-33-35-37-39-46(49)55-44(43-54-56(50,51)53-41-40-47(3,4)5)42-52-45(48)38-36-34-32-30-28-26-24-21-19-17-15-13-11-9-7-2/h17,19,44H,6-16,18,20-43H2,1-5H3/p+1/b19-17+/t44-/m1/s1. The van der Waals surface area contributed by atoms with Crippen LogP contribution in [0.25, 0.3) is 0 Å². The number of phosphoric ester groups is 1. The van der Waals surface area contributed by atoms with Crippen LogP contribution < -0.4 is 0 Å². The Morgan fingerprint density at radius 1 is 0.536 bits per heavy atom. The number of nitrogens with zero attached hydrogens (tertiary/aromatic N) is 1. The van der Waals surface area contributed by atoms with Crippen LogP contribution in [0.3, 0.4) is 0 Å². The zero-order valence-electron chi connectivity index (χ0n) is 37.4. The van der Waals surface area contributed by atoms with Crippen LogP contribution in [-0.4, -0.2) is 74.9 Å². The van der Waals surface area contributed by atoms with Crippen LogP contribution >= 0.6 is 7.82 Å². The zero-order valence-corrected chi connectivity index (χ0v) is 38.3. The fourth-order valence-corrected chi connectivity index (χ4v) is 7.34. The van der Waals surface area contributed by atoms with Crippen LogP contribution in [0.2, 0.25) is 0 Å². The minimum Gasteiger partial charge on any atom is -0.462 e. The molecule has 0 saturated heterocycles. The first kappa shape index (κ1) is 54.8. The van der Waals surface area contributed by atoms with E-state index in [4.69, 9.17) is 18.5 Å². The van der Waals surface area contributed by atoms with Crippen molar-refractivity contribution in [2.75, 3.05) is 47.5 Å². The number of likely N-dealkylation sites (N-methyl/N-ethyl adjacent to an activating group) is 1. The third-order valence-electron chi connectivity index (χ3n) is 10.3. The monoisotopic (exact) mass is 817 g/mol. The van der Waals surface area contributed by atoms with E-state index >= 15 is 0 Å². The summed E-state index contributed by atoms with van der Waals surface area (Å²) in [6, 6.07) is 0. The van der Waals surface area contributed by atoms with Gasteiger partial charge in [0.15, 0.2) is 6.10 Å². The van der Waals surface area contributed by atoms with E-state index in [1.54, 1.807) is 0 Å². The summed E-state index contributed by atoms with van der Waals surface area (Å²) in [5.74, 6) is -0.792. The molecule has 0 amide bonds. The topological polar surface area (TPSA) is 108 Å². The summed E-state index contributed by atoms with van der Waals surface area (Å²) in [7, 11) is 1.49. The fourth-order valence-electron chi connectivity index (χ4n) is 6.60. The lowest BCUT2D eigenvalue weighted by Crippen LogP contribution is -2.37. The Balaban J connectivity index is 4.29. The van der Waals surface area contributed by atoms with E-state index in [9.17, 15) is 19.0 Å². The number of hydrogen-bond donors (Lipinski definition) is 1. The van der Waals surface area contributed by atoms with E-state index in [0.29, 0.717) is 17.4 Å². The molecule has 0 aliphatic heterocycles. The summed E-state index contributed by atoms with van der Waals surface area (Å²) >= 11 is 0. The van der Waals surface area contributed by atoms with Gasteiger partial charge >= 0.3 is 19.8 Å². The van der Waals surface area contributed by atoms with E-state index in [2.05, 4.69) is 26.0 Å². The molecule has 9 nitrogen and oxygen atoms in total. The number of quaternary nitrogens is 1.